The maximum absolute atomic E-state index is 12.3. The third-order valence-electron chi connectivity index (χ3n) is 3.62. The Hall–Kier alpha value is -2.77. The van der Waals surface area contributed by atoms with Gasteiger partial charge in [0, 0.05) is 30.7 Å². The molecule has 3 aromatic rings. The van der Waals surface area contributed by atoms with E-state index in [0.717, 1.165) is 16.8 Å². The van der Waals surface area contributed by atoms with Crippen molar-refractivity contribution < 1.29 is 13.2 Å². The minimum Gasteiger partial charge on any atom is -0.497 e. The van der Waals surface area contributed by atoms with Crippen LogP contribution >= 0.6 is 0 Å². The first-order valence-electron chi connectivity index (χ1n) is 7.57. The monoisotopic (exact) mass is 355 g/mol. The van der Waals surface area contributed by atoms with Crippen LogP contribution in [0.25, 0.3) is 11.3 Å². The summed E-state index contributed by atoms with van der Waals surface area (Å²) in [5.41, 5.74) is 2.47. The summed E-state index contributed by atoms with van der Waals surface area (Å²) in [6.07, 6.45) is 5.08. The van der Waals surface area contributed by atoms with Crippen LogP contribution in [0.2, 0.25) is 0 Å². The van der Waals surface area contributed by atoms with Gasteiger partial charge in [-0.2, -0.15) is 0 Å². The Kier molecular flexibility index (Phi) is 5.06. The van der Waals surface area contributed by atoms with E-state index in [1.807, 2.05) is 24.3 Å². The number of nitrogens with zero attached hydrogens (tertiary/aromatic N) is 2. The van der Waals surface area contributed by atoms with E-state index in [2.05, 4.69) is 14.7 Å². The van der Waals surface area contributed by atoms with Crippen molar-refractivity contribution in [2.24, 2.45) is 0 Å². The Morgan fingerprint density at radius 1 is 1.04 bits per heavy atom. The predicted octanol–water partition coefficient (Wildman–Crippen LogP) is 2.63. The Morgan fingerprint density at radius 2 is 1.84 bits per heavy atom. The summed E-state index contributed by atoms with van der Waals surface area (Å²) in [7, 11) is -2.06. The van der Waals surface area contributed by atoms with Crippen molar-refractivity contribution in [3.05, 3.63) is 72.7 Å². The molecule has 1 aromatic carbocycles. The number of ether oxygens (including phenoxy) is 1. The summed E-state index contributed by atoms with van der Waals surface area (Å²) in [6.45, 7) is 0.161. The quantitative estimate of drug-likeness (QED) is 0.735. The molecule has 0 bridgehead atoms. The van der Waals surface area contributed by atoms with Crippen molar-refractivity contribution in [3.8, 4) is 17.0 Å². The van der Waals surface area contributed by atoms with E-state index < -0.39 is 10.0 Å². The highest BCUT2D eigenvalue weighted by molar-refractivity contribution is 7.89. The number of pyridine rings is 2. The van der Waals surface area contributed by atoms with Crippen molar-refractivity contribution in [1.29, 1.82) is 0 Å². The van der Waals surface area contributed by atoms with Gasteiger partial charge >= 0.3 is 0 Å². The van der Waals surface area contributed by atoms with Crippen molar-refractivity contribution >= 4 is 10.0 Å². The molecule has 3 rings (SSSR count). The number of aromatic nitrogens is 2. The van der Waals surface area contributed by atoms with Crippen molar-refractivity contribution in [3.63, 3.8) is 0 Å². The minimum atomic E-state index is -3.59. The zero-order valence-corrected chi connectivity index (χ0v) is 14.4. The Balaban J connectivity index is 1.68. The molecule has 0 aliphatic heterocycles. The first-order chi connectivity index (χ1) is 12.1. The smallest absolute Gasteiger partial charge is 0.240 e. The Morgan fingerprint density at radius 3 is 2.44 bits per heavy atom. The highest BCUT2D eigenvalue weighted by atomic mass is 32.2. The zero-order valence-electron chi connectivity index (χ0n) is 13.6. The van der Waals surface area contributed by atoms with Crippen LogP contribution < -0.4 is 9.46 Å². The summed E-state index contributed by atoms with van der Waals surface area (Å²) in [5, 5.41) is 0. The molecule has 0 spiro atoms. The van der Waals surface area contributed by atoms with Crippen LogP contribution in [0.4, 0.5) is 0 Å². The lowest BCUT2D eigenvalue weighted by Crippen LogP contribution is -2.23. The van der Waals surface area contributed by atoms with E-state index in [-0.39, 0.29) is 11.4 Å². The third kappa shape index (κ3) is 4.20. The van der Waals surface area contributed by atoms with Gasteiger partial charge in [0.15, 0.2) is 0 Å². The fourth-order valence-electron chi connectivity index (χ4n) is 2.23. The van der Waals surface area contributed by atoms with E-state index in [1.54, 1.807) is 30.7 Å². The second-order valence-electron chi connectivity index (χ2n) is 5.29. The molecular weight excluding hydrogens is 338 g/mol. The number of sulfonamides is 1. The Bertz CT molecular complexity index is 926. The number of benzene rings is 1. The van der Waals surface area contributed by atoms with Gasteiger partial charge in [0.2, 0.25) is 10.0 Å². The second-order valence-corrected chi connectivity index (χ2v) is 7.06. The molecular formula is C18H17N3O3S. The van der Waals surface area contributed by atoms with Gasteiger partial charge in [-0.05, 0) is 48.0 Å². The van der Waals surface area contributed by atoms with Gasteiger partial charge in [-0.3, -0.25) is 9.97 Å². The normalized spacial score (nSPS) is 11.2. The highest BCUT2D eigenvalue weighted by Gasteiger charge is 2.13. The standard InChI is InChI=1S/C18H17N3O3S/c1-24-16-5-7-17(8-6-16)25(22,23)21-12-14-4-9-18(20-11-14)15-3-2-10-19-13-15/h2-11,13,21H,12H2,1H3. The number of hydrogen-bond acceptors (Lipinski definition) is 5. The summed E-state index contributed by atoms with van der Waals surface area (Å²) < 4.78 is 32.2. The SMILES string of the molecule is COc1ccc(S(=O)(=O)NCc2ccc(-c3cccnc3)nc2)cc1. The van der Waals surface area contributed by atoms with E-state index in [0.29, 0.717) is 5.75 Å². The van der Waals surface area contributed by atoms with Gasteiger partial charge in [-0.15, -0.1) is 0 Å². The van der Waals surface area contributed by atoms with E-state index in [4.69, 9.17) is 4.74 Å². The average Bonchev–Trinajstić information content (AvgIpc) is 2.67. The fraction of sp³-hybridized carbons (Fsp3) is 0.111. The predicted molar refractivity (Wildman–Crippen MR) is 94.5 cm³/mol. The second kappa shape index (κ2) is 7.42. The summed E-state index contributed by atoms with van der Waals surface area (Å²) in [4.78, 5) is 8.60. The maximum atomic E-state index is 12.3. The largest absolute Gasteiger partial charge is 0.497 e. The van der Waals surface area contributed by atoms with Gasteiger partial charge in [0.05, 0.1) is 17.7 Å². The van der Waals surface area contributed by atoms with Crippen LogP contribution in [0.15, 0.2) is 72.0 Å². The van der Waals surface area contributed by atoms with Crippen LogP contribution in [-0.4, -0.2) is 25.5 Å². The summed E-state index contributed by atoms with van der Waals surface area (Å²) in [6, 6.07) is 13.7. The van der Waals surface area contributed by atoms with Crippen LogP contribution in [0.5, 0.6) is 5.75 Å². The zero-order chi connectivity index (χ0) is 17.7. The van der Waals surface area contributed by atoms with Crippen molar-refractivity contribution in [2.45, 2.75) is 11.4 Å². The number of methoxy groups -OCH3 is 1. The van der Waals surface area contributed by atoms with Gasteiger partial charge in [-0.25, -0.2) is 13.1 Å². The average molecular weight is 355 g/mol. The van der Waals surface area contributed by atoms with Crippen LogP contribution in [-0.2, 0) is 16.6 Å². The van der Waals surface area contributed by atoms with E-state index >= 15 is 0 Å². The van der Waals surface area contributed by atoms with Gasteiger partial charge in [0.25, 0.3) is 0 Å². The molecule has 0 saturated heterocycles. The summed E-state index contributed by atoms with van der Waals surface area (Å²) >= 11 is 0. The molecule has 0 aliphatic rings. The van der Waals surface area contributed by atoms with E-state index in [1.165, 1.54) is 19.2 Å². The number of rotatable bonds is 6. The molecule has 2 aromatic heterocycles. The van der Waals surface area contributed by atoms with Crippen LogP contribution in [0.3, 0.4) is 0 Å². The molecule has 6 nitrogen and oxygen atoms in total. The lowest BCUT2D eigenvalue weighted by atomic mass is 10.1. The third-order valence-corrected chi connectivity index (χ3v) is 5.04. The molecule has 25 heavy (non-hydrogen) atoms. The molecule has 0 unspecified atom stereocenters. The molecule has 0 saturated carbocycles. The maximum Gasteiger partial charge on any atom is 0.240 e. The minimum absolute atomic E-state index is 0.161. The molecule has 0 aliphatic carbocycles. The molecule has 128 valence electrons. The molecule has 7 heteroatoms. The first kappa shape index (κ1) is 17.1. The molecule has 0 radical (unpaired) electrons. The highest BCUT2D eigenvalue weighted by Crippen LogP contribution is 2.17. The van der Waals surface area contributed by atoms with Gasteiger partial charge in [0.1, 0.15) is 5.75 Å². The van der Waals surface area contributed by atoms with Crippen molar-refractivity contribution in [1.82, 2.24) is 14.7 Å². The first-order valence-corrected chi connectivity index (χ1v) is 9.06. The molecule has 0 amide bonds. The molecule has 2 heterocycles. The topological polar surface area (TPSA) is 81.2 Å². The molecule has 0 atom stereocenters. The van der Waals surface area contributed by atoms with Crippen molar-refractivity contribution in [2.75, 3.05) is 7.11 Å². The van der Waals surface area contributed by atoms with Gasteiger partial charge in [-0.1, -0.05) is 6.07 Å². The van der Waals surface area contributed by atoms with E-state index in [9.17, 15) is 8.42 Å². The number of nitrogens with one attached hydrogen (secondary N) is 1. The molecule has 1 N–H and O–H groups in total. The lowest BCUT2D eigenvalue weighted by molar-refractivity contribution is 0.414. The Labute approximate surface area is 146 Å². The fourth-order valence-corrected chi connectivity index (χ4v) is 3.25. The van der Waals surface area contributed by atoms with Gasteiger partial charge < -0.3 is 4.74 Å². The lowest BCUT2D eigenvalue weighted by Gasteiger charge is -2.08. The van der Waals surface area contributed by atoms with Crippen LogP contribution in [0, 0.1) is 0 Å². The van der Waals surface area contributed by atoms with Crippen LogP contribution in [0.1, 0.15) is 5.56 Å². The number of hydrogen-bond donors (Lipinski definition) is 1. The molecule has 0 fully saturated rings. The summed E-state index contributed by atoms with van der Waals surface area (Å²) in [5.74, 6) is 0.606.